The second-order valence-corrected chi connectivity index (χ2v) is 8.01. The lowest BCUT2D eigenvalue weighted by Gasteiger charge is -2.17. The summed E-state index contributed by atoms with van der Waals surface area (Å²) in [5, 5.41) is 1.02. The Morgan fingerprint density at radius 1 is 1.28 bits per heavy atom. The Bertz CT molecular complexity index is 322. The number of nitrogens with zero attached hydrogens (tertiary/aromatic N) is 1. The second-order valence-electron chi connectivity index (χ2n) is 4.16. The minimum absolute atomic E-state index is 0.432. The quantitative estimate of drug-likeness (QED) is 0.684. The minimum Gasteiger partial charge on any atom is -0.397 e. The first-order valence-corrected chi connectivity index (χ1v) is 8.64. The summed E-state index contributed by atoms with van der Waals surface area (Å²) in [5.41, 5.74) is 1.15. The van der Waals surface area contributed by atoms with Gasteiger partial charge >= 0.3 is 9.28 Å². The first-order chi connectivity index (χ1) is 8.67. The molecule has 0 saturated heterocycles. The molecule has 2 atom stereocenters. The van der Waals surface area contributed by atoms with Crippen LogP contribution < -0.4 is 0 Å². The summed E-state index contributed by atoms with van der Waals surface area (Å²) in [6.45, 7) is 4.47. The average molecular weight is 284 g/mol. The molecule has 1 rings (SSSR count). The topological polar surface area (TPSA) is 31.4 Å². The van der Waals surface area contributed by atoms with Crippen LogP contribution in [-0.2, 0) is 8.85 Å². The van der Waals surface area contributed by atoms with Crippen molar-refractivity contribution in [2.45, 2.75) is 36.8 Å². The van der Waals surface area contributed by atoms with Crippen LogP contribution in [0.3, 0.4) is 0 Å². The summed E-state index contributed by atoms with van der Waals surface area (Å²) in [6, 6.07) is 7.11. The van der Waals surface area contributed by atoms with Crippen molar-refractivity contribution >= 4 is 21.0 Å². The molecule has 0 aliphatic carbocycles. The van der Waals surface area contributed by atoms with Gasteiger partial charge in [-0.3, -0.25) is 4.98 Å². The van der Waals surface area contributed by atoms with Crippen LogP contribution in [0.15, 0.2) is 24.4 Å². The van der Waals surface area contributed by atoms with E-state index in [1.54, 1.807) is 14.2 Å². The van der Waals surface area contributed by atoms with E-state index >= 15 is 0 Å². The van der Waals surface area contributed by atoms with E-state index in [9.17, 15) is 0 Å². The van der Waals surface area contributed by atoms with Crippen LogP contribution >= 0.6 is 11.8 Å². The van der Waals surface area contributed by atoms with Gasteiger partial charge < -0.3 is 8.85 Å². The molecule has 5 heteroatoms. The third-order valence-corrected chi connectivity index (χ3v) is 5.71. The molecule has 101 valence electrons. The Balaban J connectivity index is 2.33. The number of hydrogen-bond acceptors (Lipinski definition) is 4. The van der Waals surface area contributed by atoms with Gasteiger partial charge in [0.1, 0.15) is 0 Å². The van der Waals surface area contributed by atoms with Gasteiger partial charge in [0, 0.05) is 30.9 Å². The van der Waals surface area contributed by atoms with E-state index in [1.165, 1.54) is 0 Å². The highest BCUT2D eigenvalue weighted by atomic mass is 32.2. The van der Waals surface area contributed by atoms with Crippen LogP contribution in [0, 0.1) is 0 Å². The summed E-state index contributed by atoms with van der Waals surface area (Å²) in [6.07, 6.45) is 2.98. The molecule has 0 fully saturated rings. The van der Waals surface area contributed by atoms with Crippen molar-refractivity contribution in [3.63, 3.8) is 0 Å². The van der Waals surface area contributed by atoms with Gasteiger partial charge in [-0.25, -0.2) is 0 Å². The highest BCUT2D eigenvalue weighted by Crippen LogP contribution is 2.32. The maximum Gasteiger partial charge on any atom is 0.384 e. The Kier molecular flexibility index (Phi) is 7.58. The van der Waals surface area contributed by atoms with Gasteiger partial charge in [-0.2, -0.15) is 0 Å². The molecule has 0 N–H and O–H groups in total. The third kappa shape index (κ3) is 5.52. The smallest absolute Gasteiger partial charge is 0.384 e. The van der Waals surface area contributed by atoms with Crippen LogP contribution in [0.2, 0.25) is 6.04 Å². The molecule has 0 spiro atoms. The number of pyridine rings is 1. The van der Waals surface area contributed by atoms with Gasteiger partial charge in [0.15, 0.2) is 0 Å². The molecule has 0 bridgehead atoms. The highest BCUT2D eigenvalue weighted by molar-refractivity contribution is 8.00. The number of thioether (sulfide) groups is 1. The SMILES string of the molecule is CO[Si](CCC(C)SC(C)c1ccccn1)OC. The van der Waals surface area contributed by atoms with E-state index in [1.807, 2.05) is 30.1 Å². The van der Waals surface area contributed by atoms with Gasteiger partial charge in [-0.1, -0.05) is 13.0 Å². The van der Waals surface area contributed by atoms with Gasteiger partial charge in [0.05, 0.1) is 5.69 Å². The van der Waals surface area contributed by atoms with E-state index < -0.39 is 9.28 Å². The summed E-state index contributed by atoms with van der Waals surface area (Å²) in [5.74, 6) is 0. The number of hydrogen-bond donors (Lipinski definition) is 0. The zero-order valence-electron chi connectivity index (χ0n) is 11.6. The molecule has 1 radical (unpaired) electrons. The molecule has 0 aliphatic heterocycles. The van der Waals surface area contributed by atoms with Crippen molar-refractivity contribution < 1.29 is 8.85 Å². The van der Waals surface area contributed by atoms with Crippen molar-refractivity contribution in [3.8, 4) is 0 Å². The molecular weight excluding hydrogens is 262 g/mol. The van der Waals surface area contributed by atoms with E-state index in [-0.39, 0.29) is 0 Å². The van der Waals surface area contributed by atoms with Gasteiger partial charge in [-0.15, -0.1) is 11.8 Å². The number of rotatable bonds is 8. The zero-order valence-corrected chi connectivity index (χ0v) is 13.4. The first kappa shape index (κ1) is 15.7. The van der Waals surface area contributed by atoms with Gasteiger partial charge in [0.25, 0.3) is 0 Å². The monoisotopic (exact) mass is 284 g/mol. The van der Waals surface area contributed by atoms with Crippen LogP contribution in [-0.4, -0.2) is 33.7 Å². The fraction of sp³-hybridized carbons (Fsp3) is 0.615. The maximum absolute atomic E-state index is 5.30. The molecule has 0 aliphatic rings. The van der Waals surface area contributed by atoms with Crippen molar-refractivity contribution in [3.05, 3.63) is 30.1 Å². The molecule has 0 amide bonds. The Morgan fingerprint density at radius 3 is 2.56 bits per heavy atom. The van der Waals surface area contributed by atoms with Crippen LogP contribution in [0.4, 0.5) is 0 Å². The molecule has 1 aromatic heterocycles. The fourth-order valence-corrected chi connectivity index (χ4v) is 4.39. The van der Waals surface area contributed by atoms with Crippen LogP contribution in [0.1, 0.15) is 31.2 Å². The Morgan fingerprint density at radius 2 is 2.00 bits per heavy atom. The van der Waals surface area contributed by atoms with E-state index in [0.717, 1.165) is 18.2 Å². The third-order valence-electron chi connectivity index (χ3n) is 2.75. The van der Waals surface area contributed by atoms with Crippen molar-refractivity contribution in [2.75, 3.05) is 14.2 Å². The average Bonchev–Trinajstić information content (AvgIpc) is 2.41. The highest BCUT2D eigenvalue weighted by Gasteiger charge is 2.17. The van der Waals surface area contributed by atoms with Gasteiger partial charge in [0.2, 0.25) is 0 Å². The molecule has 0 saturated carbocycles. The largest absolute Gasteiger partial charge is 0.397 e. The molecule has 1 heterocycles. The van der Waals surface area contributed by atoms with Crippen LogP contribution in [0.25, 0.3) is 0 Å². The zero-order chi connectivity index (χ0) is 13.4. The lowest BCUT2D eigenvalue weighted by atomic mass is 10.3. The standard InChI is InChI=1S/C13H22NO2SSi/c1-11(8-10-18(15-3)16-4)17-12(2)13-7-5-6-9-14-13/h5-7,9,11-12H,8,10H2,1-4H3. The predicted molar refractivity (Wildman–Crippen MR) is 78.9 cm³/mol. The van der Waals surface area contributed by atoms with E-state index in [4.69, 9.17) is 8.85 Å². The maximum atomic E-state index is 5.30. The van der Waals surface area contributed by atoms with Crippen molar-refractivity contribution in [2.24, 2.45) is 0 Å². The van der Waals surface area contributed by atoms with Crippen LogP contribution in [0.5, 0.6) is 0 Å². The normalized spacial score (nSPS) is 14.7. The van der Waals surface area contributed by atoms with E-state index in [0.29, 0.717) is 10.5 Å². The molecule has 3 nitrogen and oxygen atoms in total. The predicted octanol–water partition coefficient (Wildman–Crippen LogP) is 3.44. The molecule has 2 unspecified atom stereocenters. The Labute approximate surface area is 116 Å². The molecule has 18 heavy (non-hydrogen) atoms. The lowest BCUT2D eigenvalue weighted by molar-refractivity contribution is 0.276. The molecule has 1 aromatic rings. The Hall–Kier alpha value is -0.363. The molecule has 0 aromatic carbocycles. The summed E-state index contributed by atoms with van der Waals surface area (Å²) < 4.78 is 10.6. The second kappa shape index (κ2) is 8.69. The fourth-order valence-electron chi connectivity index (χ4n) is 1.71. The first-order valence-electron chi connectivity index (χ1n) is 6.17. The van der Waals surface area contributed by atoms with Gasteiger partial charge in [-0.05, 0) is 31.5 Å². The molecular formula is C13H22NO2SSi. The van der Waals surface area contributed by atoms with Crippen molar-refractivity contribution in [1.29, 1.82) is 0 Å². The summed E-state index contributed by atoms with van der Waals surface area (Å²) in [7, 11) is 2.41. The number of aromatic nitrogens is 1. The van der Waals surface area contributed by atoms with Crippen molar-refractivity contribution in [1.82, 2.24) is 4.98 Å². The lowest BCUT2D eigenvalue weighted by Crippen LogP contribution is -2.20. The summed E-state index contributed by atoms with van der Waals surface area (Å²) >= 11 is 1.96. The minimum atomic E-state index is -1.05. The summed E-state index contributed by atoms with van der Waals surface area (Å²) in [4.78, 5) is 4.40. The van der Waals surface area contributed by atoms with E-state index in [2.05, 4.69) is 24.9 Å².